The fourth-order valence-electron chi connectivity index (χ4n) is 3.89. The number of amides is 2. The number of alkyl carbamates (subject to hydrolysis) is 1. The second-order valence-electron chi connectivity index (χ2n) is 7.65. The van der Waals surface area contributed by atoms with Crippen LogP contribution in [0.25, 0.3) is 0 Å². The molecule has 2 heterocycles. The summed E-state index contributed by atoms with van der Waals surface area (Å²) in [5.74, 6) is 0.229. The zero-order chi connectivity index (χ0) is 20.1. The zero-order valence-corrected chi connectivity index (χ0v) is 15.5. The summed E-state index contributed by atoms with van der Waals surface area (Å²) in [6, 6.07) is 2.97. The van der Waals surface area contributed by atoms with E-state index in [1.165, 1.54) is 6.07 Å². The van der Waals surface area contributed by atoms with E-state index in [9.17, 15) is 22.8 Å². The monoisotopic (exact) mass is 418 g/mol. The second kappa shape index (κ2) is 6.72. The first-order valence-electron chi connectivity index (χ1n) is 8.88. The van der Waals surface area contributed by atoms with E-state index in [4.69, 9.17) is 21.1 Å². The summed E-state index contributed by atoms with van der Waals surface area (Å²) in [6.07, 6.45) is -3.73. The lowest BCUT2D eigenvalue weighted by Gasteiger charge is -2.47. The standard InChI is InChI=1S/C18H18ClF3N2O4/c19-13-3-12(18(20,21)22)1-2-14(13)27-8-10-6-24(7-10)15(25)11-4-17(5-11)9-28-16(26)23-17/h1-3,10-11H,4-9H2,(H,23,26)/t11-,17-. The Morgan fingerprint density at radius 2 is 2.07 bits per heavy atom. The lowest BCUT2D eigenvalue weighted by Crippen LogP contribution is -2.61. The molecule has 0 unspecified atom stereocenters. The average molecular weight is 419 g/mol. The molecule has 1 spiro atoms. The summed E-state index contributed by atoms with van der Waals surface area (Å²) in [5.41, 5.74) is -1.21. The van der Waals surface area contributed by atoms with Gasteiger partial charge in [0.05, 0.1) is 22.7 Å². The number of nitrogens with one attached hydrogen (secondary N) is 1. The van der Waals surface area contributed by atoms with Gasteiger partial charge in [0.2, 0.25) is 5.91 Å². The number of ether oxygens (including phenoxy) is 2. The van der Waals surface area contributed by atoms with Crippen molar-refractivity contribution in [3.05, 3.63) is 28.8 Å². The van der Waals surface area contributed by atoms with Gasteiger partial charge >= 0.3 is 12.3 Å². The lowest BCUT2D eigenvalue weighted by atomic mass is 9.68. The Morgan fingerprint density at radius 1 is 1.36 bits per heavy atom. The number of rotatable bonds is 4. The quantitative estimate of drug-likeness (QED) is 0.816. The van der Waals surface area contributed by atoms with E-state index in [0.717, 1.165) is 12.1 Å². The maximum absolute atomic E-state index is 12.6. The molecule has 0 radical (unpaired) electrons. The van der Waals surface area contributed by atoms with Crippen LogP contribution in [0.5, 0.6) is 5.75 Å². The number of carbonyl (C=O) groups excluding carboxylic acids is 2. The van der Waals surface area contributed by atoms with E-state index in [-0.39, 0.29) is 40.7 Å². The van der Waals surface area contributed by atoms with Crippen LogP contribution in [0.1, 0.15) is 18.4 Å². The number of nitrogens with zero attached hydrogens (tertiary/aromatic N) is 1. The van der Waals surface area contributed by atoms with Crippen LogP contribution in [0.3, 0.4) is 0 Å². The third-order valence-corrected chi connectivity index (χ3v) is 5.77. The van der Waals surface area contributed by atoms with Crippen LogP contribution < -0.4 is 10.1 Å². The molecule has 6 nitrogen and oxygen atoms in total. The molecule has 3 aliphatic rings. The maximum Gasteiger partial charge on any atom is 0.416 e. The van der Waals surface area contributed by atoms with Crippen molar-refractivity contribution in [2.75, 3.05) is 26.3 Å². The van der Waals surface area contributed by atoms with Gasteiger partial charge in [0.25, 0.3) is 0 Å². The van der Waals surface area contributed by atoms with Crippen LogP contribution in [0.2, 0.25) is 5.02 Å². The molecular weight excluding hydrogens is 401 g/mol. The number of halogens is 4. The highest BCUT2D eigenvalue weighted by Crippen LogP contribution is 2.42. The van der Waals surface area contributed by atoms with E-state index in [1.54, 1.807) is 4.90 Å². The van der Waals surface area contributed by atoms with E-state index >= 15 is 0 Å². The van der Waals surface area contributed by atoms with E-state index < -0.39 is 17.8 Å². The van der Waals surface area contributed by atoms with Crippen molar-refractivity contribution in [1.29, 1.82) is 0 Å². The fourth-order valence-corrected chi connectivity index (χ4v) is 4.12. The number of benzene rings is 1. The SMILES string of the molecule is O=C1N[C@]2(CO1)C[C@@H](C(=O)N1CC(COc3ccc(C(F)(F)F)cc3Cl)C1)C2. The number of carbonyl (C=O) groups is 2. The predicted octanol–water partition coefficient (Wildman–Crippen LogP) is 3.08. The van der Waals surface area contributed by atoms with Gasteiger partial charge in [-0.25, -0.2) is 4.79 Å². The van der Waals surface area contributed by atoms with Crippen LogP contribution in [0.15, 0.2) is 18.2 Å². The highest BCUT2D eigenvalue weighted by atomic mass is 35.5. The van der Waals surface area contributed by atoms with Gasteiger partial charge < -0.3 is 19.7 Å². The van der Waals surface area contributed by atoms with Crippen molar-refractivity contribution in [2.45, 2.75) is 24.6 Å². The first-order chi connectivity index (χ1) is 13.2. The van der Waals surface area contributed by atoms with Crippen LogP contribution in [-0.4, -0.2) is 48.7 Å². The van der Waals surface area contributed by atoms with Gasteiger partial charge in [-0.15, -0.1) is 0 Å². The summed E-state index contributed by atoms with van der Waals surface area (Å²) in [5, 5.41) is 2.66. The Hall–Kier alpha value is -2.16. The molecule has 1 aliphatic carbocycles. The summed E-state index contributed by atoms with van der Waals surface area (Å²) in [4.78, 5) is 25.3. The molecular formula is C18H18ClF3N2O4. The Morgan fingerprint density at radius 3 is 2.64 bits per heavy atom. The van der Waals surface area contributed by atoms with E-state index in [1.807, 2.05) is 0 Å². The molecule has 1 N–H and O–H groups in total. The van der Waals surface area contributed by atoms with Crippen LogP contribution in [0, 0.1) is 11.8 Å². The van der Waals surface area contributed by atoms with E-state index in [0.29, 0.717) is 32.5 Å². The van der Waals surface area contributed by atoms with Gasteiger partial charge in [0, 0.05) is 24.9 Å². The normalized spacial score (nSPS) is 27.1. The molecule has 2 amide bonds. The van der Waals surface area contributed by atoms with Crippen molar-refractivity contribution in [1.82, 2.24) is 10.2 Å². The fraction of sp³-hybridized carbons (Fsp3) is 0.556. The van der Waals surface area contributed by atoms with Crippen LogP contribution in [0.4, 0.5) is 18.0 Å². The number of cyclic esters (lactones) is 1. The largest absolute Gasteiger partial charge is 0.492 e. The van der Waals surface area contributed by atoms with Crippen molar-refractivity contribution in [2.24, 2.45) is 11.8 Å². The Bertz CT molecular complexity index is 805. The molecule has 1 saturated carbocycles. The number of likely N-dealkylation sites (tertiary alicyclic amines) is 1. The number of hydrogen-bond acceptors (Lipinski definition) is 4. The van der Waals surface area contributed by atoms with Crippen molar-refractivity contribution in [3.8, 4) is 5.75 Å². The Balaban J connectivity index is 1.21. The van der Waals surface area contributed by atoms with Gasteiger partial charge in [0.15, 0.2) is 0 Å². The summed E-state index contributed by atoms with van der Waals surface area (Å²) < 4.78 is 48.4. The molecule has 0 aromatic heterocycles. The molecule has 152 valence electrons. The van der Waals surface area contributed by atoms with Crippen molar-refractivity contribution in [3.63, 3.8) is 0 Å². The van der Waals surface area contributed by atoms with Crippen LogP contribution >= 0.6 is 11.6 Å². The second-order valence-corrected chi connectivity index (χ2v) is 8.06. The van der Waals surface area contributed by atoms with Crippen molar-refractivity contribution >= 4 is 23.6 Å². The van der Waals surface area contributed by atoms with Gasteiger partial charge in [-0.2, -0.15) is 13.2 Å². The predicted molar refractivity (Wildman–Crippen MR) is 92.0 cm³/mol. The lowest BCUT2D eigenvalue weighted by molar-refractivity contribution is -0.148. The van der Waals surface area contributed by atoms with E-state index in [2.05, 4.69) is 5.32 Å². The molecule has 2 aliphatic heterocycles. The molecule has 2 saturated heterocycles. The first-order valence-corrected chi connectivity index (χ1v) is 9.26. The van der Waals surface area contributed by atoms with Gasteiger partial charge in [0.1, 0.15) is 12.4 Å². The topological polar surface area (TPSA) is 67.9 Å². The molecule has 1 aromatic carbocycles. The molecule has 0 bridgehead atoms. The third-order valence-electron chi connectivity index (χ3n) is 5.47. The maximum atomic E-state index is 12.6. The molecule has 4 rings (SSSR count). The molecule has 3 fully saturated rings. The van der Waals surface area contributed by atoms with Gasteiger partial charge in [-0.05, 0) is 31.0 Å². The number of hydrogen-bond donors (Lipinski definition) is 1. The smallest absolute Gasteiger partial charge is 0.416 e. The first kappa shape index (κ1) is 19.2. The minimum atomic E-state index is -4.45. The van der Waals surface area contributed by atoms with Gasteiger partial charge in [-0.3, -0.25) is 4.79 Å². The average Bonchev–Trinajstić information content (AvgIpc) is 2.94. The highest BCUT2D eigenvalue weighted by molar-refractivity contribution is 6.32. The summed E-state index contributed by atoms with van der Waals surface area (Å²) >= 11 is 5.87. The molecule has 1 aromatic rings. The Kier molecular flexibility index (Phi) is 4.60. The minimum Gasteiger partial charge on any atom is -0.492 e. The third kappa shape index (κ3) is 3.59. The summed E-state index contributed by atoms with van der Waals surface area (Å²) in [7, 11) is 0. The Labute approximate surface area is 163 Å². The number of alkyl halides is 3. The summed E-state index contributed by atoms with van der Waals surface area (Å²) in [6.45, 7) is 1.64. The highest BCUT2D eigenvalue weighted by Gasteiger charge is 2.54. The van der Waals surface area contributed by atoms with Gasteiger partial charge in [-0.1, -0.05) is 11.6 Å². The molecule has 0 atom stereocenters. The van der Waals surface area contributed by atoms with Crippen molar-refractivity contribution < 1.29 is 32.2 Å². The molecule has 28 heavy (non-hydrogen) atoms. The minimum absolute atomic E-state index is 0.0515. The molecule has 10 heteroatoms. The van der Waals surface area contributed by atoms with Crippen LogP contribution in [-0.2, 0) is 15.7 Å². The zero-order valence-electron chi connectivity index (χ0n) is 14.7.